The summed E-state index contributed by atoms with van der Waals surface area (Å²) in [7, 11) is -3.79. The average Bonchev–Trinajstić information content (AvgIpc) is 3.51. The van der Waals surface area contributed by atoms with Gasteiger partial charge in [-0.15, -0.1) is 0 Å². The Hall–Kier alpha value is -3.09. The summed E-state index contributed by atoms with van der Waals surface area (Å²) in [6, 6.07) is 10.0. The van der Waals surface area contributed by atoms with Crippen LogP contribution in [0.5, 0.6) is 0 Å². The third kappa shape index (κ3) is 4.67. The van der Waals surface area contributed by atoms with E-state index in [-0.39, 0.29) is 40.2 Å². The van der Waals surface area contributed by atoms with Crippen molar-refractivity contribution in [2.45, 2.75) is 24.5 Å². The van der Waals surface area contributed by atoms with Crippen LogP contribution in [0.15, 0.2) is 40.7 Å². The van der Waals surface area contributed by atoms with Crippen LogP contribution in [0.2, 0.25) is 0 Å². The quantitative estimate of drug-likeness (QED) is 0.540. The summed E-state index contributed by atoms with van der Waals surface area (Å²) in [5.74, 6) is -0.667. The number of sulfonamides is 1. The molecule has 10 nitrogen and oxygen atoms in total. The van der Waals surface area contributed by atoms with Gasteiger partial charge in [0.25, 0.3) is 10.0 Å². The number of amides is 2. The smallest absolute Gasteiger partial charge is 0.254 e. The molecule has 3 aromatic rings. The number of benzene rings is 1. The minimum atomic E-state index is -3.79. The SMILES string of the molecule is CC(=O)Nc1nc(C)c(S(=O)(=O)N2CC[C@@H](C(=O)N3CCN(c4ccnc5ccccc45)CC3)C2)s1. The van der Waals surface area contributed by atoms with E-state index in [0.29, 0.717) is 38.3 Å². The molecule has 1 N–H and O–H groups in total. The number of rotatable bonds is 5. The van der Waals surface area contributed by atoms with Crippen molar-refractivity contribution in [1.82, 2.24) is 19.2 Å². The van der Waals surface area contributed by atoms with Crippen molar-refractivity contribution in [3.8, 4) is 0 Å². The molecule has 4 heterocycles. The molecule has 12 heteroatoms. The number of nitrogens with zero attached hydrogens (tertiary/aromatic N) is 5. The molecule has 5 rings (SSSR count). The summed E-state index contributed by atoms with van der Waals surface area (Å²) >= 11 is 0.940. The Morgan fingerprint density at radius 3 is 2.58 bits per heavy atom. The molecule has 0 radical (unpaired) electrons. The van der Waals surface area contributed by atoms with E-state index < -0.39 is 10.0 Å². The predicted molar refractivity (Wildman–Crippen MR) is 139 cm³/mol. The fraction of sp³-hybridized carbons (Fsp3) is 0.417. The Bertz CT molecular complexity index is 1410. The fourth-order valence-corrected chi connectivity index (χ4v) is 7.97. The molecule has 36 heavy (non-hydrogen) atoms. The monoisotopic (exact) mass is 528 g/mol. The summed E-state index contributed by atoms with van der Waals surface area (Å²) in [5, 5.41) is 3.89. The normalized spacial score (nSPS) is 19.1. The van der Waals surface area contributed by atoms with Crippen molar-refractivity contribution >= 4 is 54.9 Å². The molecular weight excluding hydrogens is 500 g/mol. The van der Waals surface area contributed by atoms with Crippen LogP contribution in [0.4, 0.5) is 10.8 Å². The number of fused-ring (bicyclic) bond motifs is 1. The van der Waals surface area contributed by atoms with Gasteiger partial charge >= 0.3 is 0 Å². The van der Waals surface area contributed by atoms with E-state index in [4.69, 9.17) is 0 Å². The molecule has 190 valence electrons. The summed E-state index contributed by atoms with van der Waals surface area (Å²) in [4.78, 5) is 37.3. The third-order valence-electron chi connectivity index (χ3n) is 6.67. The molecular formula is C24H28N6O4S2. The Kier molecular flexibility index (Phi) is 6.66. The van der Waals surface area contributed by atoms with Gasteiger partial charge in [0.15, 0.2) is 9.34 Å². The van der Waals surface area contributed by atoms with Crippen molar-refractivity contribution in [3.05, 3.63) is 42.2 Å². The number of aromatic nitrogens is 2. The van der Waals surface area contributed by atoms with Crippen molar-refractivity contribution in [2.75, 3.05) is 49.5 Å². The van der Waals surface area contributed by atoms with Crippen LogP contribution < -0.4 is 10.2 Å². The summed E-state index contributed by atoms with van der Waals surface area (Å²) < 4.78 is 28.0. The lowest BCUT2D eigenvalue weighted by molar-refractivity contribution is -0.135. The number of para-hydroxylation sites is 1. The van der Waals surface area contributed by atoms with E-state index in [9.17, 15) is 18.0 Å². The van der Waals surface area contributed by atoms with Crippen LogP contribution in [0, 0.1) is 12.8 Å². The molecule has 0 spiro atoms. The summed E-state index contributed by atoms with van der Waals surface area (Å²) in [6.07, 6.45) is 2.30. The molecule has 1 aromatic carbocycles. The molecule has 0 unspecified atom stereocenters. The van der Waals surface area contributed by atoms with Gasteiger partial charge in [-0.1, -0.05) is 29.5 Å². The van der Waals surface area contributed by atoms with Gasteiger partial charge in [-0.25, -0.2) is 13.4 Å². The number of anilines is 2. The second-order valence-corrected chi connectivity index (χ2v) is 12.2. The molecule has 2 amide bonds. The lowest BCUT2D eigenvalue weighted by Gasteiger charge is -2.37. The van der Waals surface area contributed by atoms with Gasteiger partial charge in [-0.05, 0) is 25.5 Å². The van der Waals surface area contributed by atoms with Crippen LogP contribution in [0.3, 0.4) is 0 Å². The first kappa shape index (κ1) is 24.6. The molecule has 2 fully saturated rings. The number of carbonyl (C=O) groups is 2. The van der Waals surface area contributed by atoms with Gasteiger partial charge in [0, 0.05) is 63.5 Å². The van der Waals surface area contributed by atoms with Gasteiger partial charge in [-0.2, -0.15) is 4.31 Å². The van der Waals surface area contributed by atoms with E-state index in [1.165, 1.54) is 11.2 Å². The molecule has 1 atom stereocenters. The minimum absolute atomic E-state index is 0.00639. The highest BCUT2D eigenvalue weighted by Crippen LogP contribution is 2.33. The fourth-order valence-electron chi connectivity index (χ4n) is 4.87. The van der Waals surface area contributed by atoms with Crippen LogP contribution in [0.1, 0.15) is 19.0 Å². The van der Waals surface area contributed by atoms with Gasteiger partial charge in [-0.3, -0.25) is 14.6 Å². The van der Waals surface area contributed by atoms with E-state index in [1.807, 2.05) is 35.4 Å². The number of hydrogen-bond acceptors (Lipinski definition) is 8. The lowest BCUT2D eigenvalue weighted by Crippen LogP contribution is -2.50. The average molecular weight is 529 g/mol. The van der Waals surface area contributed by atoms with Crippen molar-refractivity contribution < 1.29 is 18.0 Å². The first-order chi connectivity index (χ1) is 17.2. The maximum absolute atomic E-state index is 13.3. The summed E-state index contributed by atoms with van der Waals surface area (Å²) in [5.41, 5.74) is 2.41. The number of carbonyl (C=O) groups excluding carboxylic acids is 2. The molecule has 0 bridgehead atoms. The topological polar surface area (TPSA) is 116 Å². The lowest BCUT2D eigenvalue weighted by atomic mass is 10.1. The number of aryl methyl sites for hydroxylation is 1. The highest BCUT2D eigenvalue weighted by molar-refractivity contribution is 7.91. The first-order valence-electron chi connectivity index (χ1n) is 11.9. The van der Waals surface area contributed by atoms with Gasteiger partial charge < -0.3 is 15.1 Å². The van der Waals surface area contributed by atoms with Gasteiger partial charge in [0.05, 0.1) is 17.1 Å². The van der Waals surface area contributed by atoms with Gasteiger partial charge in [0.1, 0.15) is 0 Å². The first-order valence-corrected chi connectivity index (χ1v) is 14.1. The number of thiazole rings is 1. The molecule has 2 aliphatic heterocycles. The maximum Gasteiger partial charge on any atom is 0.254 e. The van der Waals surface area contributed by atoms with Crippen LogP contribution in [0.25, 0.3) is 10.9 Å². The number of hydrogen-bond donors (Lipinski definition) is 1. The van der Waals surface area contributed by atoms with Crippen LogP contribution in [-0.2, 0) is 19.6 Å². The Morgan fingerprint density at radius 2 is 1.83 bits per heavy atom. The molecule has 2 saturated heterocycles. The Morgan fingerprint density at radius 1 is 1.08 bits per heavy atom. The number of nitrogens with one attached hydrogen (secondary N) is 1. The highest BCUT2D eigenvalue weighted by Gasteiger charge is 2.39. The van der Waals surface area contributed by atoms with Crippen LogP contribution >= 0.6 is 11.3 Å². The minimum Gasteiger partial charge on any atom is -0.367 e. The van der Waals surface area contributed by atoms with Crippen molar-refractivity contribution in [2.24, 2.45) is 5.92 Å². The van der Waals surface area contributed by atoms with Crippen molar-refractivity contribution in [3.63, 3.8) is 0 Å². The molecule has 2 aromatic heterocycles. The van der Waals surface area contributed by atoms with Crippen LogP contribution in [-0.4, -0.2) is 78.7 Å². The third-order valence-corrected chi connectivity index (χ3v) is 10.2. The zero-order valence-electron chi connectivity index (χ0n) is 20.2. The summed E-state index contributed by atoms with van der Waals surface area (Å²) in [6.45, 7) is 6.00. The van der Waals surface area contributed by atoms with E-state index in [1.54, 1.807) is 6.92 Å². The second kappa shape index (κ2) is 9.75. The standard InChI is InChI=1S/C24H28N6O4S2/c1-16-23(35-24(26-16)27-17(2)31)36(33,34)30-10-8-18(15-30)22(32)29-13-11-28(12-14-29)21-7-9-25-20-6-4-3-5-19(20)21/h3-7,9,18H,8,10-15H2,1-2H3,(H,26,27,31)/t18-/m1/s1. The maximum atomic E-state index is 13.3. The zero-order valence-corrected chi connectivity index (χ0v) is 21.8. The highest BCUT2D eigenvalue weighted by atomic mass is 32.2. The van der Waals surface area contributed by atoms with Crippen molar-refractivity contribution in [1.29, 1.82) is 0 Å². The molecule has 0 saturated carbocycles. The molecule has 0 aliphatic carbocycles. The number of pyridine rings is 1. The van der Waals surface area contributed by atoms with E-state index in [2.05, 4.69) is 26.3 Å². The predicted octanol–water partition coefficient (Wildman–Crippen LogP) is 2.32. The Balaban J connectivity index is 1.22. The van der Waals surface area contributed by atoms with E-state index >= 15 is 0 Å². The number of piperazine rings is 1. The van der Waals surface area contributed by atoms with Gasteiger partial charge in [0.2, 0.25) is 11.8 Å². The second-order valence-electron chi connectivity index (χ2n) is 9.08. The van der Waals surface area contributed by atoms with E-state index in [0.717, 1.165) is 27.9 Å². The largest absolute Gasteiger partial charge is 0.367 e. The Labute approximate surface area is 214 Å². The molecule has 2 aliphatic rings. The zero-order chi connectivity index (χ0) is 25.4.